The highest BCUT2D eigenvalue weighted by Gasteiger charge is 2.07. The highest BCUT2D eigenvalue weighted by molar-refractivity contribution is 6.00. The van der Waals surface area contributed by atoms with E-state index in [1.54, 1.807) is 6.07 Å². The Kier molecular flexibility index (Phi) is 3.67. The quantitative estimate of drug-likeness (QED) is 0.519. The summed E-state index contributed by atoms with van der Waals surface area (Å²) in [6.45, 7) is 1.94. The van der Waals surface area contributed by atoms with E-state index >= 15 is 0 Å². The zero-order valence-corrected chi connectivity index (χ0v) is 11.0. The molecule has 0 saturated heterocycles. The fraction of sp³-hybridized carbons (Fsp3) is 0.200. The SMILES string of the molecule is CCC(=NO)c1ccc(-c2ccc(C#N)n2C)cc1. The number of rotatable bonds is 3. The molecular weight excluding hydrogens is 238 g/mol. The molecule has 0 amide bonds. The molecule has 1 aromatic heterocycles. The second kappa shape index (κ2) is 5.40. The molecule has 0 spiro atoms. The Balaban J connectivity index is 2.38. The fourth-order valence-electron chi connectivity index (χ4n) is 2.08. The fourth-order valence-corrected chi connectivity index (χ4v) is 2.08. The van der Waals surface area contributed by atoms with Crippen LogP contribution in [-0.4, -0.2) is 15.5 Å². The average molecular weight is 253 g/mol. The lowest BCUT2D eigenvalue weighted by Crippen LogP contribution is -1.99. The third-order valence-electron chi connectivity index (χ3n) is 3.21. The molecule has 0 aliphatic carbocycles. The van der Waals surface area contributed by atoms with Crippen LogP contribution in [0.1, 0.15) is 24.6 Å². The first-order chi connectivity index (χ1) is 9.21. The van der Waals surface area contributed by atoms with Crippen LogP contribution in [-0.2, 0) is 7.05 Å². The van der Waals surface area contributed by atoms with Gasteiger partial charge in [0.1, 0.15) is 11.8 Å². The summed E-state index contributed by atoms with van der Waals surface area (Å²) in [5, 5.41) is 21.1. The van der Waals surface area contributed by atoms with Crippen molar-refractivity contribution in [3.05, 3.63) is 47.7 Å². The molecule has 2 aromatic rings. The van der Waals surface area contributed by atoms with Crippen molar-refractivity contribution in [2.45, 2.75) is 13.3 Å². The summed E-state index contributed by atoms with van der Waals surface area (Å²) in [7, 11) is 1.87. The van der Waals surface area contributed by atoms with E-state index in [0.29, 0.717) is 17.8 Å². The molecule has 1 N–H and O–H groups in total. The van der Waals surface area contributed by atoms with E-state index < -0.39 is 0 Å². The Morgan fingerprint density at radius 2 is 1.95 bits per heavy atom. The Bertz CT molecular complexity index is 645. The largest absolute Gasteiger partial charge is 0.411 e. The number of hydrogen-bond donors (Lipinski definition) is 1. The lowest BCUT2D eigenvalue weighted by molar-refractivity contribution is 0.318. The highest BCUT2D eigenvalue weighted by Crippen LogP contribution is 2.22. The molecule has 0 saturated carbocycles. The van der Waals surface area contributed by atoms with Crippen LogP contribution in [0.5, 0.6) is 0 Å². The first-order valence-electron chi connectivity index (χ1n) is 6.08. The van der Waals surface area contributed by atoms with Crippen molar-refractivity contribution in [2.75, 3.05) is 0 Å². The van der Waals surface area contributed by atoms with Gasteiger partial charge in [-0.15, -0.1) is 0 Å². The van der Waals surface area contributed by atoms with Crippen LogP contribution in [0.4, 0.5) is 0 Å². The monoisotopic (exact) mass is 253 g/mol. The van der Waals surface area contributed by atoms with Crippen molar-refractivity contribution in [1.29, 1.82) is 5.26 Å². The summed E-state index contributed by atoms with van der Waals surface area (Å²) in [4.78, 5) is 0. The molecular formula is C15H15N3O. The minimum atomic E-state index is 0.630. The van der Waals surface area contributed by atoms with Crippen molar-refractivity contribution < 1.29 is 5.21 Å². The van der Waals surface area contributed by atoms with Gasteiger partial charge in [-0.3, -0.25) is 0 Å². The van der Waals surface area contributed by atoms with Crippen LogP contribution in [0.25, 0.3) is 11.3 Å². The summed E-state index contributed by atoms with van der Waals surface area (Å²) < 4.78 is 1.86. The van der Waals surface area contributed by atoms with Gasteiger partial charge in [-0.1, -0.05) is 36.3 Å². The lowest BCUT2D eigenvalue weighted by atomic mass is 10.0. The van der Waals surface area contributed by atoms with E-state index in [-0.39, 0.29) is 0 Å². The van der Waals surface area contributed by atoms with Crippen molar-refractivity contribution in [3.8, 4) is 17.3 Å². The molecule has 0 aliphatic heterocycles. The maximum atomic E-state index is 8.95. The summed E-state index contributed by atoms with van der Waals surface area (Å²) in [5.41, 5.74) is 4.22. The Labute approximate surface area is 112 Å². The van der Waals surface area contributed by atoms with E-state index in [1.165, 1.54) is 0 Å². The number of nitrogens with zero attached hydrogens (tertiary/aromatic N) is 3. The highest BCUT2D eigenvalue weighted by atomic mass is 16.4. The molecule has 19 heavy (non-hydrogen) atoms. The van der Waals surface area contributed by atoms with Crippen LogP contribution in [0, 0.1) is 11.3 Å². The maximum absolute atomic E-state index is 8.95. The molecule has 0 bridgehead atoms. The van der Waals surface area contributed by atoms with Crippen LogP contribution in [0.15, 0.2) is 41.6 Å². The topological polar surface area (TPSA) is 61.3 Å². The van der Waals surface area contributed by atoms with E-state index in [9.17, 15) is 0 Å². The van der Waals surface area contributed by atoms with E-state index in [0.717, 1.165) is 16.8 Å². The van der Waals surface area contributed by atoms with Gasteiger partial charge in [0, 0.05) is 12.7 Å². The first kappa shape index (κ1) is 12.9. The summed E-state index contributed by atoms with van der Waals surface area (Å²) >= 11 is 0. The molecule has 1 aromatic carbocycles. The number of hydrogen-bond acceptors (Lipinski definition) is 3. The number of nitriles is 1. The van der Waals surface area contributed by atoms with Gasteiger partial charge in [-0.25, -0.2) is 0 Å². The minimum Gasteiger partial charge on any atom is -0.411 e. The zero-order valence-electron chi connectivity index (χ0n) is 11.0. The smallest absolute Gasteiger partial charge is 0.120 e. The van der Waals surface area contributed by atoms with Gasteiger partial charge in [-0.2, -0.15) is 5.26 Å². The Morgan fingerprint density at radius 1 is 1.26 bits per heavy atom. The predicted molar refractivity (Wildman–Crippen MR) is 74.2 cm³/mol. The Morgan fingerprint density at radius 3 is 2.42 bits per heavy atom. The predicted octanol–water partition coefficient (Wildman–Crippen LogP) is 3.15. The van der Waals surface area contributed by atoms with Gasteiger partial charge in [0.2, 0.25) is 0 Å². The van der Waals surface area contributed by atoms with Crippen molar-refractivity contribution in [2.24, 2.45) is 12.2 Å². The summed E-state index contributed by atoms with van der Waals surface area (Å²) in [6, 6.07) is 13.6. The molecule has 0 aliphatic rings. The molecule has 0 fully saturated rings. The zero-order chi connectivity index (χ0) is 13.8. The molecule has 0 unspecified atom stereocenters. The molecule has 96 valence electrons. The first-order valence-corrected chi connectivity index (χ1v) is 6.08. The van der Waals surface area contributed by atoms with E-state index in [4.69, 9.17) is 10.5 Å². The molecule has 0 atom stereocenters. The van der Waals surface area contributed by atoms with Gasteiger partial charge in [0.25, 0.3) is 0 Å². The van der Waals surface area contributed by atoms with E-state index in [2.05, 4.69) is 11.2 Å². The third-order valence-corrected chi connectivity index (χ3v) is 3.21. The number of benzene rings is 1. The van der Waals surface area contributed by atoms with Crippen LogP contribution in [0.2, 0.25) is 0 Å². The van der Waals surface area contributed by atoms with Crippen LogP contribution in [0.3, 0.4) is 0 Å². The summed E-state index contributed by atoms with van der Waals surface area (Å²) in [6.07, 6.45) is 0.679. The van der Waals surface area contributed by atoms with Crippen molar-refractivity contribution in [1.82, 2.24) is 4.57 Å². The molecule has 2 rings (SSSR count). The lowest BCUT2D eigenvalue weighted by Gasteiger charge is -2.06. The third kappa shape index (κ3) is 2.36. The Hall–Kier alpha value is -2.54. The van der Waals surface area contributed by atoms with Crippen molar-refractivity contribution >= 4 is 5.71 Å². The second-order valence-electron chi connectivity index (χ2n) is 4.25. The van der Waals surface area contributed by atoms with Gasteiger partial charge in [0.15, 0.2) is 0 Å². The van der Waals surface area contributed by atoms with E-state index in [1.807, 2.05) is 48.9 Å². The van der Waals surface area contributed by atoms with Gasteiger partial charge >= 0.3 is 0 Å². The molecule has 4 nitrogen and oxygen atoms in total. The van der Waals surface area contributed by atoms with Crippen LogP contribution < -0.4 is 0 Å². The van der Waals surface area contributed by atoms with Crippen LogP contribution >= 0.6 is 0 Å². The summed E-state index contributed by atoms with van der Waals surface area (Å²) in [5.74, 6) is 0. The molecule has 1 heterocycles. The van der Waals surface area contributed by atoms with Crippen molar-refractivity contribution in [3.63, 3.8) is 0 Å². The number of aromatic nitrogens is 1. The molecule has 0 radical (unpaired) electrons. The average Bonchev–Trinajstić information content (AvgIpc) is 2.82. The van der Waals surface area contributed by atoms with Gasteiger partial charge in [-0.05, 0) is 29.7 Å². The maximum Gasteiger partial charge on any atom is 0.120 e. The van der Waals surface area contributed by atoms with Gasteiger partial charge in [0.05, 0.1) is 5.71 Å². The normalized spacial score (nSPS) is 11.3. The number of oxime groups is 1. The standard InChI is InChI=1S/C15H15N3O/c1-3-14(17-19)11-4-6-12(7-5-11)15-9-8-13(10-16)18(15)2/h4-9,19H,3H2,1-2H3. The minimum absolute atomic E-state index is 0.630. The van der Waals surface area contributed by atoms with Gasteiger partial charge < -0.3 is 9.77 Å². The second-order valence-corrected chi connectivity index (χ2v) is 4.25. The molecule has 4 heteroatoms.